The quantitative estimate of drug-likeness (QED) is 0.680. The van der Waals surface area contributed by atoms with Crippen molar-refractivity contribution in [1.29, 1.82) is 0 Å². The lowest BCUT2D eigenvalue weighted by atomic mass is 9.98. The van der Waals surface area contributed by atoms with Crippen LogP contribution in [0.5, 0.6) is 0 Å². The third kappa shape index (κ3) is 3.96. The highest BCUT2D eigenvalue weighted by molar-refractivity contribution is 7.92. The molecule has 0 bridgehead atoms. The van der Waals surface area contributed by atoms with Gasteiger partial charge in [-0.1, -0.05) is 60.7 Å². The predicted octanol–water partition coefficient (Wildman–Crippen LogP) is 3.92. The fourth-order valence-corrected chi connectivity index (χ4v) is 5.38. The molecule has 1 heterocycles. The Morgan fingerprint density at radius 3 is 2.07 bits per heavy atom. The van der Waals surface area contributed by atoms with Crippen LogP contribution in [0.15, 0.2) is 78.9 Å². The maximum absolute atomic E-state index is 13.1. The van der Waals surface area contributed by atoms with Crippen LogP contribution in [-0.2, 0) is 16.4 Å². The number of sulfonamides is 1. The standard InChI is InChI=1S/C24H24N2O3S/c1-17-15-21-16-20(13-14-22(21)26(17)30(2,28)29)24(27)25-23(18-9-5-3-6-10-18)19-11-7-4-8-12-19/h3-14,16-17,23H,15H2,1-2H3,(H,25,27)/t17-/m0/s1. The topological polar surface area (TPSA) is 66.5 Å². The lowest BCUT2D eigenvalue weighted by molar-refractivity contribution is 0.0943. The first-order valence-corrected chi connectivity index (χ1v) is 11.7. The summed E-state index contributed by atoms with van der Waals surface area (Å²) in [7, 11) is -3.36. The highest BCUT2D eigenvalue weighted by atomic mass is 32.2. The first-order chi connectivity index (χ1) is 14.3. The van der Waals surface area contributed by atoms with E-state index in [-0.39, 0.29) is 18.0 Å². The summed E-state index contributed by atoms with van der Waals surface area (Å²) in [5, 5.41) is 3.14. The summed E-state index contributed by atoms with van der Waals surface area (Å²) >= 11 is 0. The fourth-order valence-electron chi connectivity index (χ4n) is 4.11. The molecule has 1 aliphatic heterocycles. The van der Waals surface area contributed by atoms with Gasteiger partial charge in [-0.15, -0.1) is 0 Å². The van der Waals surface area contributed by atoms with E-state index >= 15 is 0 Å². The molecule has 1 amide bonds. The van der Waals surface area contributed by atoms with Gasteiger partial charge in [-0.25, -0.2) is 8.42 Å². The second kappa shape index (κ2) is 7.95. The molecular weight excluding hydrogens is 396 g/mol. The first-order valence-electron chi connectivity index (χ1n) is 9.87. The van der Waals surface area contributed by atoms with Crippen LogP contribution < -0.4 is 9.62 Å². The van der Waals surface area contributed by atoms with Gasteiger partial charge in [-0.3, -0.25) is 9.10 Å². The zero-order valence-corrected chi connectivity index (χ0v) is 17.8. The Morgan fingerprint density at radius 2 is 1.53 bits per heavy atom. The average Bonchev–Trinajstić information content (AvgIpc) is 3.08. The maximum atomic E-state index is 13.1. The molecule has 0 aromatic heterocycles. The number of hydrogen-bond donors (Lipinski definition) is 1. The Morgan fingerprint density at radius 1 is 0.967 bits per heavy atom. The molecule has 154 valence electrons. The summed E-state index contributed by atoms with van der Waals surface area (Å²) in [5.41, 5.74) is 4.04. The molecular formula is C24H24N2O3S. The molecule has 0 saturated heterocycles. The zero-order chi connectivity index (χ0) is 21.3. The van der Waals surface area contributed by atoms with Gasteiger partial charge in [-0.05, 0) is 48.2 Å². The van der Waals surface area contributed by atoms with Gasteiger partial charge in [0, 0.05) is 11.6 Å². The van der Waals surface area contributed by atoms with E-state index in [1.807, 2.05) is 67.6 Å². The molecule has 4 rings (SSSR count). The van der Waals surface area contributed by atoms with Gasteiger partial charge < -0.3 is 5.32 Å². The summed E-state index contributed by atoms with van der Waals surface area (Å²) in [6.45, 7) is 1.88. The molecule has 1 N–H and O–H groups in total. The summed E-state index contributed by atoms with van der Waals surface area (Å²) in [6, 6.07) is 24.5. The SMILES string of the molecule is C[C@H]1Cc2cc(C(=O)NC(c3ccccc3)c3ccccc3)ccc2N1S(C)(=O)=O. The van der Waals surface area contributed by atoms with Crippen molar-refractivity contribution >= 4 is 21.6 Å². The van der Waals surface area contributed by atoms with Crippen molar-refractivity contribution in [2.75, 3.05) is 10.6 Å². The molecule has 0 aliphatic carbocycles. The number of benzene rings is 3. The number of carbonyl (C=O) groups is 1. The van der Waals surface area contributed by atoms with Crippen molar-refractivity contribution in [3.63, 3.8) is 0 Å². The van der Waals surface area contributed by atoms with Crippen LogP contribution in [0.1, 0.15) is 40.0 Å². The molecule has 1 atom stereocenters. The van der Waals surface area contributed by atoms with Gasteiger partial charge in [0.1, 0.15) is 0 Å². The number of carbonyl (C=O) groups excluding carboxylic acids is 1. The Bertz CT molecular complexity index is 1120. The maximum Gasteiger partial charge on any atom is 0.252 e. The van der Waals surface area contributed by atoms with Crippen molar-refractivity contribution in [2.24, 2.45) is 0 Å². The number of rotatable bonds is 5. The first kappa shape index (κ1) is 20.2. The molecule has 30 heavy (non-hydrogen) atoms. The Labute approximate surface area is 177 Å². The lowest BCUT2D eigenvalue weighted by Crippen LogP contribution is -2.34. The molecule has 3 aromatic carbocycles. The Hall–Kier alpha value is -3.12. The summed E-state index contributed by atoms with van der Waals surface area (Å²) in [5.74, 6) is -0.194. The van der Waals surface area contributed by atoms with Crippen LogP contribution >= 0.6 is 0 Å². The highest BCUT2D eigenvalue weighted by Crippen LogP contribution is 2.35. The lowest BCUT2D eigenvalue weighted by Gasteiger charge is -2.22. The molecule has 5 nitrogen and oxygen atoms in total. The monoisotopic (exact) mass is 420 g/mol. The molecule has 1 aliphatic rings. The number of anilines is 1. The van der Waals surface area contributed by atoms with E-state index in [0.717, 1.165) is 16.7 Å². The van der Waals surface area contributed by atoms with Gasteiger partial charge in [0.2, 0.25) is 10.0 Å². The van der Waals surface area contributed by atoms with Crippen molar-refractivity contribution < 1.29 is 13.2 Å². The van der Waals surface area contributed by atoms with Crippen LogP contribution in [-0.4, -0.2) is 26.6 Å². The largest absolute Gasteiger partial charge is 0.341 e. The minimum Gasteiger partial charge on any atom is -0.341 e. The minimum atomic E-state index is -3.36. The predicted molar refractivity (Wildman–Crippen MR) is 119 cm³/mol. The van der Waals surface area contributed by atoms with Crippen molar-refractivity contribution in [2.45, 2.75) is 25.4 Å². The highest BCUT2D eigenvalue weighted by Gasteiger charge is 2.33. The van der Waals surface area contributed by atoms with Gasteiger partial charge in [0.05, 0.1) is 18.0 Å². The third-order valence-corrected chi connectivity index (χ3v) is 6.66. The fraction of sp³-hybridized carbons (Fsp3) is 0.208. The Balaban J connectivity index is 1.64. The van der Waals surface area contributed by atoms with Crippen molar-refractivity contribution in [1.82, 2.24) is 5.32 Å². The molecule has 0 saturated carbocycles. The molecule has 0 radical (unpaired) electrons. The van der Waals surface area contributed by atoms with E-state index in [9.17, 15) is 13.2 Å². The van der Waals surface area contributed by atoms with E-state index in [0.29, 0.717) is 17.7 Å². The van der Waals surface area contributed by atoms with Crippen LogP contribution in [0.25, 0.3) is 0 Å². The van der Waals surface area contributed by atoms with Gasteiger partial charge >= 0.3 is 0 Å². The van der Waals surface area contributed by atoms with Crippen molar-refractivity contribution in [3.05, 3.63) is 101 Å². The van der Waals surface area contributed by atoms with E-state index in [4.69, 9.17) is 0 Å². The second-order valence-corrected chi connectivity index (χ2v) is 9.54. The third-order valence-electron chi connectivity index (χ3n) is 5.39. The van der Waals surface area contributed by atoms with Gasteiger partial charge in [0.15, 0.2) is 0 Å². The molecule has 0 spiro atoms. The normalized spacial score (nSPS) is 15.8. The van der Waals surface area contributed by atoms with Crippen LogP contribution in [0.4, 0.5) is 5.69 Å². The number of nitrogens with one attached hydrogen (secondary N) is 1. The van der Waals surface area contributed by atoms with Gasteiger partial charge in [-0.2, -0.15) is 0 Å². The molecule has 0 unspecified atom stereocenters. The number of amides is 1. The number of fused-ring (bicyclic) bond motifs is 1. The van der Waals surface area contributed by atoms with E-state index < -0.39 is 10.0 Å². The smallest absolute Gasteiger partial charge is 0.252 e. The zero-order valence-electron chi connectivity index (χ0n) is 16.9. The number of nitrogens with zero attached hydrogens (tertiary/aromatic N) is 1. The van der Waals surface area contributed by atoms with E-state index in [1.165, 1.54) is 10.6 Å². The van der Waals surface area contributed by atoms with E-state index in [2.05, 4.69) is 5.32 Å². The van der Waals surface area contributed by atoms with Gasteiger partial charge in [0.25, 0.3) is 5.91 Å². The summed E-state index contributed by atoms with van der Waals surface area (Å²) in [6.07, 6.45) is 1.80. The van der Waals surface area contributed by atoms with Crippen molar-refractivity contribution in [3.8, 4) is 0 Å². The van der Waals surface area contributed by atoms with Crippen LogP contribution in [0.2, 0.25) is 0 Å². The Kier molecular flexibility index (Phi) is 5.35. The van der Waals surface area contributed by atoms with Crippen LogP contribution in [0.3, 0.4) is 0 Å². The van der Waals surface area contributed by atoms with Crippen LogP contribution in [0, 0.1) is 0 Å². The molecule has 0 fully saturated rings. The second-order valence-electron chi connectivity index (χ2n) is 7.68. The minimum absolute atomic E-state index is 0.158. The summed E-state index contributed by atoms with van der Waals surface area (Å²) in [4.78, 5) is 13.1. The van der Waals surface area contributed by atoms with E-state index in [1.54, 1.807) is 18.2 Å². The average molecular weight is 421 g/mol. The summed E-state index contributed by atoms with van der Waals surface area (Å²) < 4.78 is 25.7. The number of hydrogen-bond acceptors (Lipinski definition) is 3. The molecule has 3 aromatic rings. The molecule has 6 heteroatoms.